The van der Waals surface area contributed by atoms with Gasteiger partial charge in [0, 0.05) is 12.1 Å². The van der Waals surface area contributed by atoms with Crippen LogP contribution in [-0.2, 0) is 11.3 Å². The third-order valence-electron chi connectivity index (χ3n) is 6.40. The number of nitrogens with zero attached hydrogens (tertiary/aromatic N) is 2. The number of hydrogen-bond donors (Lipinski definition) is 1. The van der Waals surface area contributed by atoms with Gasteiger partial charge in [0.15, 0.2) is 0 Å². The fourth-order valence-electron chi connectivity index (χ4n) is 5.06. The molecule has 1 aromatic heterocycles. The van der Waals surface area contributed by atoms with Gasteiger partial charge in [0.25, 0.3) is 0 Å². The fourth-order valence-corrected chi connectivity index (χ4v) is 5.06. The Kier molecular flexibility index (Phi) is 4.81. The van der Waals surface area contributed by atoms with Crippen LogP contribution in [0.15, 0.2) is 53.1 Å². The summed E-state index contributed by atoms with van der Waals surface area (Å²) >= 11 is 0. The van der Waals surface area contributed by atoms with E-state index in [0.717, 1.165) is 24.8 Å². The minimum atomic E-state index is -0.328. The van der Waals surface area contributed by atoms with Crippen molar-refractivity contribution in [2.75, 3.05) is 0 Å². The lowest BCUT2D eigenvalue weighted by Crippen LogP contribution is -2.37. The molecule has 0 aliphatic heterocycles. The molecule has 2 aromatic carbocycles. The Bertz CT molecular complexity index is 1070. The van der Waals surface area contributed by atoms with Crippen LogP contribution in [0.25, 0.3) is 11.4 Å². The molecule has 2 aliphatic rings. The fraction of sp³-hybridized carbons (Fsp3) is 0.348. The van der Waals surface area contributed by atoms with E-state index in [4.69, 9.17) is 4.52 Å². The molecular formula is C23H21F2N3O2. The number of fused-ring (bicyclic) bond motifs is 2. The standard InChI is InChI=1S/C23H21F2N3O2/c24-17-8-6-14(7-9-17)21-27-23(30-28-21)20-16-5-4-15(11-16)19(20)22(29)26-12-13-2-1-3-18(25)10-13/h1-3,6-10,15-16,19-20H,4-5,11-12H2,(H,26,29)/t15-,16+,19-,20-/m0/s1. The Hall–Kier alpha value is -3.09. The zero-order valence-corrected chi connectivity index (χ0v) is 16.2. The number of carbonyl (C=O) groups excluding carboxylic acids is 1. The molecule has 3 aromatic rings. The quantitative estimate of drug-likeness (QED) is 0.676. The van der Waals surface area contributed by atoms with Gasteiger partial charge in [0.1, 0.15) is 11.6 Å². The number of aromatic nitrogens is 2. The number of rotatable bonds is 5. The molecule has 2 fully saturated rings. The summed E-state index contributed by atoms with van der Waals surface area (Å²) in [5.74, 6) is 0.411. The van der Waals surface area contributed by atoms with Crippen LogP contribution in [0.5, 0.6) is 0 Å². The molecule has 30 heavy (non-hydrogen) atoms. The molecule has 5 nitrogen and oxygen atoms in total. The van der Waals surface area contributed by atoms with Gasteiger partial charge in [-0.1, -0.05) is 17.3 Å². The van der Waals surface area contributed by atoms with Gasteiger partial charge in [-0.05, 0) is 73.1 Å². The topological polar surface area (TPSA) is 68.0 Å². The van der Waals surface area contributed by atoms with E-state index < -0.39 is 0 Å². The maximum absolute atomic E-state index is 13.4. The summed E-state index contributed by atoms with van der Waals surface area (Å²) in [6, 6.07) is 12.1. The number of nitrogens with one attached hydrogen (secondary N) is 1. The van der Waals surface area contributed by atoms with Gasteiger partial charge in [-0.25, -0.2) is 8.78 Å². The molecule has 5 rings (SSSR count). The lowest BCUT2D eigenvalue weighted by atomic mass is 9.78. The average molecular weight is 409 g/mol. The number of hydrogen-bond acceptors (Lipinski definition) is 4. The lowest BCUT2D eigenvalue weighted by Gasteiger charge is -2.27. The molecule has 2 saturated carbocycles. The van der Waals surface area contributed by atoms with Crippen molar-refractivity contribution in [1.29, 1.82) is 0 Å². The van der Waals surface area contributed by atoms with Crippen LogP contribution in [0.3, 0.4) is 0 Å². The SMILES string of the molecule is O=C(NCc1cccc(F)c1)[C@H]1[C@H]2CC[C@H](C2)[C@@H]1c1nc(-c2ccc(F)cc2)no1. The minimum Gasteiger partial charge on any atom is -0.352 e. The first kappa shape index (κ1) is 18.9. The smallest absolute Gasteiger partial charge is 0.231 e. The van der Waals surface area contributed by atoms with Crippen LogP contribution in [-0.4, -0.2) is 16.0 Å². The monoisotopic (exact) mass is 409 g/mol. The van der Waals surface area contributed by atoms with E-state index in [2.05, 4.69) is 15.5 Å². The van der Waals surface area contributed by atoms with E-state index in [1.165, 1.54) is 24.3 Å². The van der Waals surface area contributed by atoms with E-state index in [-0.39, 0.29) is 41.8 Å². The molecule has 0 spiro atoms. The molecule has 4 atom stereocenters. The largest absolute Gasteiger partial charge is 0.352 e. The van der Waals surface area contributed by atoms with Crippen molar-refractivity contribution in [3.8, 4) is 11.4 Å². The summed E-state index contributed by atoms with van der Waals surface area (Å²) in [5, 5.41) is 7.02. The third kappa shape index (κ3) is 3.49. The van der Waals surface area contributed by atoms with Gasteiger partial charge >= 0.3 is 0 Å². The van der Waals surface area contributed by atoms with Crippen LogP contribution >= 0.6 is 0 Å². The van der Waals surface area contributed by atoms with Gasteiger partial charge in [-0.3, -0.25) is 4.79 Å². The highest BCUT2D eigenvalue weighted by Gasteiger charge is 2.53. The summed E-state index contributed by atoms with van der Waals surface area (Å²) in [7, 11) is 0. The van der Waals surface area contributed by atoms with Crippen molar-refractivity contribution in [2.45, 2.75) is 31.7 Å². The Morgan fingerprint density at radius 2 is 1.87 bits per heavy atom. The third-order valence-corrected chi connectivity index (χ3v) is 6.40. The van der Waals surface area contributed by atoms with Crippen LogP contribution in [0.2, 0.25) is 0 Å². The average Bonchev–Trinajstić information content (AvgIpc) is 3.48. The first-order chi connectivity index (χ1) is 14.6. The van der Waals surface area contributed by atoms with Crippen LogP contribution in [0.1, 0.15) is 36.6 Å². The second-order valence-corrected chi connectivity index (χ2v) is 8.20. The molecule has 1 N–H and O–H groups in total. The van der Waals surface area contributed by atoms with E-state index in [0.29, 0.717) is 23.2 Å². The summed E-state index contributed by atoms with van der Waals surface area (Å²) < 4.78 is 32.1. The molecule has 1 amide bonds. The normalized spacial score (nSPS) is 24.9. The predicted molar refractivity (Wildman–Crippen MR) is 105 cm³/mol. The number of halogens is 2. The lowest BCUT2D eigenvalue weighted by molar-refractivity contribution is -0.127. The number of benzene rings is 2. The van der Waals surface area contributed by atoms with E-state index >= 15 is 0 Å². The van der Waals surface area contributed by atoms with Gasteiger partial charge in [-0.15, -0.1) is 0 Å². The summed E-state index contributed by atoms with van der Waals surface area (Å²) in [4.78, 5) is 17.6. The summed E-state index contributed by atoms with van der Waals surface area (Å²) in [5.41, 5.74) is 1.39. The van der Waals surface area contributed by atoms with E-state index in [1.54, 1.807) is 24.3 Å². The molecule has 0 radical (unpaired) electrons. The molecule has 0 saturated heterocycles. The predicted octanol–water partition coefficient (Wildman–Crippen LogP) is 4.46. The van der Waals surface area contributed by atoms with Gasteiger partial charge in [0.2, 0.25) is 17.6 Å². The van der Waals surface area contributed by atoms with E-state index in [1.807, 2.05) is 0 Å². The van der Waals surface area contributed by atoms with Gasteiger partial charge in [0.05, 0.1) is 11.8 Å². The van der Waals surface area contributed by atoms with Crippen molar-refractivity contribution >= 4 is 5.91 Å². The van der Waals surface area contributed by atoms with Crippen molar-refractivity contribution in [1.82, 2.24) is 15.5 Å². The van der Waals surface area contributed by atoms with Crippen molar-refractivity contribution in [3.05, 3.63) is 71.6 Å². The molecular weight excluding hydrogens is 388 g/mol. The maximum Gasteiger partial charge on any atom is 0.231 e. The summed E-state index contributed by atoms with van der Waals surface area (Å²) in [6.07, 6.45) is 3.02. The molecule has 154 valence electrons. The molecule has 2 bridgehead atoms. The highest BCUT2D eigenvalue weighted by molar-refractivity contribution is 5.80. The Balaban J connectivity index is 1.35. The van der Waals surface area contributed by atoms with Crippen molar-refractivity contribution in [3.63, 3.8) is 0 Å². The first-order valence-electron chi connectivity index (χ1n) is 10.2. The molecule has 2 aliphatic carbocycles. The highest BCUT2D eigenvalue weighted by atomic mass is 19.1. The Labute approximate surface area is 172 Å². The number of amides is 1. The van der Waals surface area contributed by atoms with Crippen LogP contribution in [0, 0.1) is 29.4 Å². The molecule has 7 heteroatoms. The summed E-state index contributed by atoms with van der Waals surface area (Å²) in [6.45, 7) is 0.280. The van der Waals surface area contributed by atoms with E-state index in [9.17, 15) is 13.6 Å². The molecule has 1 heterocycles. The van der Waals surface area contributed by atoms with Gasteiger partial charge < -0.3 is 9.84 Å². The van der Waals surface area contributed by atoms with Crippen molar-refractivity contribution < 1.29 is 18.1 Å². The second-order valence-electron chi connectivity index (χ2n) is 8.20. The van der Waals surface area contributed by atoms with Crippen LogP contribution < -0.4 is 5.32 Å². The Morgan fingerprint density at radius 3 is 2.67 bits per heavy atom. The molecule has 0 unspecified atom stereocenters. The second kappa shape index (κ2) is 7.63. The first-order valence-corrected chi connectivity index (χ1v) is 10.2. The zero-order valence-electron chi connectivity index (χ0n) is 16.2. The van der Waals surface area contributed by atoms with Gasteiger partial charge in [-0.2, -0.15) is 4.98 Å². The van der Waals surface area contributed by atoms with Crippen LogP contribution in [0.4, 0.5) is 8.78 Å². The maximum atomic E-state index is 13.4. The zero-order chi connectivity index (χ0) is 20.7. The highest BCUT2D eigenvalue weighted by Crippen LogP contribution is 2.56. The van der Waals surface area contributed by atoms with Crippen molar-refractivity contribution in [2.24, 2.45) is 17.8 Å². The number of carbonyl (C=O) groups is 1. The Morgan fingerprint density at radius 1 is 1.07 bits per heavy atom. The minimum absolute atomic E-state index is 0.0574.